The van der Waals surface area contributed by atoms with E-state index in [0.29, 0.717) is 39.4 Å². The smallest absolute Gasteiger partial charge is 0.233 e. The second-order valence-corrected chi connectivity index (χ2v) is 4.61. The van der Waals surface area contributed by atoms with Crippen molar-refractivity contribution in [3.63, 3.8) is 0 Å². The zero-order valence-corrected chi connectivity index (χ0v) is 11.5. The maximum atomic E-state index is 10.3. The van der Waals surface area contributed by atoms with E-state index in [4.69, 9.17) is 33.1 Å². The monoisotopic (exact) mass is 291 g/mol. The van der Waals surface area contributed by atoms with Gasteiger partial charge >= 0.3 is 0 Å². The zero-order valence-electron chi connectivity index (χ0n) is 10.0. The first kappa shape index (κ1) is 15.1. The van der Waals surface area contributed by atoms with Crippen molar-refractivity contribution in [2.75, 3.05) is 6.61 Å². The van der Waals surface area contributed by atoms with E-state index in [2.05, 4.69) is 6.92 Å². The van der Waals surface area contributed by atoms with Crippen molar-refractivity contribution < 1.29 is 14.7 Å². The molecule has 0 heterocycles. The highest BCUT2D eigenvalue weighted by atomic mass is 35.5. The minimum atomic E-state index is 0.0260. The third-order valence-electron chi connectivity index (χ3n) is 2.27. The molecule has 18 heavy (non-hydrogen) atoms. The van der Waals surface area contributed by atoms with Crippen LogP contribution in [0.5, 0.6) is 5.75 Å². The molecular weight excluding hydrogens is 277 g/mol. The van der Waals surface area contributed by atoms with E-state index < -0.39 is 0 Å². The Morgan fingerprint density at radius 1 is 1.39 bits per heavy atom. The SMILES string of the molecule is CCCCOc1c(Cl)cc(CN(O)C=O)cc1Cl. The summed E-state index contributed by atoms with van der Waals surface area (Å²) in [6.07, 6.45) is 2.25. The van der Waals surface area contributed by atoms with Crippen LogP contribution in [0.4, 0.5) is 0 Å². The standard InChI is InChI=1S/C12H15Cl2NO3/c1-2-3-4-18-12-10(13)5-9(6-11(12)14)7-15(17)8-16/h5-6,8,17H,2-4,7H2,1H3. The van der Waals surface area contributed by atoms with Crippen LogP contribution in [-0.2, 0) is 11.3 Å². The number of ether oxygens (including phenoxy) is 1. The molecule has 1 amide bonds. The van der Waals surface area contributed by atoms with Crippen LogP contribution < -0.4 is 4.74 Å². The number of rotatable bonds is 7. The van der Waals surface area contributed by atoms with Gasteiger partial charge in [-0.2, -0.15) is 0 Å². The fourth-order valence-electron chi connectivity index (χ4n) is 1.38. The number of hydroxylamine groups is 2. The molecule has 1 N–H and O–H groups in total. The second kappa shape index (κ2) is 7.46. The first-order chi connectivity index (χ1) is 8.58. The van der Waals surface area contributed by atoms with Crippen molar-refractivity contribution in [2.24, 2.45) is 0 Å². The predicted molar refractivity (Wildman–Crippen MR) is 70.3 cm³/mol. The molecule has 0 unspecified atom stereocenters. The third-order valence-corrected chi connectivity index (χ3v) is 2.83. The van der Waals surface area contributed by atoms with Gasteiger partial charge in [-0.1, -0.05) is 36.5 Å². The summed E-state index contributed by atoms with van der Waals surface area (Å²) in [5.74, 6) is 0.436. The highest BCUT2D eigenvalue weighted by Gasteiger charge is 2.11. The van der Waals surface area contributed by atoms with E-state index in [0.717, 1.165) is 12.8 Å². The molecule has 1 aromatic rings. The van der Waals surface area contributed by atoms with Crippen LogP contribution in [0.1, 0.15) is 25.3 Å². The molecule has 0 atom stereocenters. The summed E-state index contributed by atoms with van der Waals surface area (Å²) in [5.41, 5.74) is 0.627. The minimum absolute atomic E-state index is 0.0260. The Morgan fingerprint density at radius 3 is 2.50 bits per heavy atom. The fraction of sp³-hybridized carbons (Fsp3) is 0.417. The molecule has 0 aliphatic carbocycles. The average molecular weight is 292 g/mol. The molecule has 0 fully saturated rings. The van der Waals surface area contributed by atoms with E-state index in [1.54, 1.807) is 12.1 Å². The Bertz CT molecular complexity index is 389. The van der Waals surface area contributed by atoms with Crippen molar-refractivity contribution in [3.8, 4) is 5.75 Å². The van der Waals surface area contributed by atoms with Gasteiger partial charge in [0, 0.05) is 0 Å². The number of amides is 1. The number of halogens is 2. The number of nitrogens with zero attached hydrogens (tertiary/aromatic N) is 1. The van der Waals surface area contributed by atoms with Crippen LogP contribution in [0.15, 0.2) is 12.1 Å². The molecule has 0 bridgehead atoms. The van der Waals surface area contributed by atoms with Crippen molar-refractivity contribution in [1.29, 1.82) is 0 Å². The van der Waals surface area contributed by atoms with Crippen LogP contribution in [0.2, 0.25) is 10.0 Å². The van der Waals surface area contributed by atoms with E-state index in [1.807, 2.05) is 0 Å². The number of unbranched alkanes of at least 4 members (excludes halogenated alkanes) is 1. The molecule has 0 saturated heterocycles. The van der Waals surface area contributed by atoms with Gasteiger partial charge in [0.05, 0.1) is 23.2 Å². The lowest BCUT2D eigenvalue weighted by Crippen LogP contribution is -2.15. The van der Waals surface area contributed by atoms with Gasteiger partial charge in [-0.15, -0.1) is 0 Å². The van der Waals surface area contributed by atoms with Crippen LogP contribution in [-0.4, -0.2) is 23.3 Å². The molecule has 4 nitrogen and oxygen atoms in total. The number of carbonyl (C=O) groups excluding carboxylic acids is 1. The summed E-state index contributed by atoms with van der Waals surface area (Å²) in [4.78, 5) is 10.3. The molecule has 0 aliphatic heterocycles. The third kappa shape index (κ3) is 4.37. The molecule has 0 saturated carbocycles. The van der Waals surface area contributed by atoms with Crippen molar-refractivity contribution in [3.05, 3.63) is 27.7 Å². The maximum absolute atomic E-state index is 10.3. The topological polar surface area (TPSA) is 49.8 Å². The maximum Gasteiger partial charge on any atom is 0.233 e. The minimum Gasteiger partial charge on any atom is -0.490 e. The predicted octanol–water partition coefficient (Wildman–Crippen LogP) is 3.52. The number of benzene rings is 1. The van der Waals surface area contributed by atoms with E-state index in [9.17, 15) is 4.79 Å². The lowest BCUT2D eigenvalue weighted by molar-refractivity contribution is -0.152. The highest BCUT2D eigenvalue weighted by molar-refractivity contribution is 6.37. The quantitative estimate of drug-likeness (QED) is 0.362. The van der Waals surface area contributed by atoms with Crippen LogP contribution in [0, 0.1) is 0 Å². The van der Waals surface area contributed by atoms with Gasteiger partial charge in [0.2, 0.25) is 6.41 Å². The Hall–Kier alpha value is -0.970. The Morgan fingerprint density at radius 2 is 2.00 bits per heavy atom. The zero-order chi connectivity index (χ0) is 13.5. The normalized spacial score (nSPS) is 10.2. The molecule has 6 heteroatoms. The summed E-state index contributed by atoms with van der Waals surface area (Å²) in [7, 11) is 0. The highest BCUT2D eigenvalue weighted by Crippen LogP contribution is 2.34. The lowest BCUT2D eigenvalue weighted by atomic mass is 10.2. The van der Waals surface area contributed by atoms with Crippen LogP contribution in [0.25, 0.3) is 0 Å². The van der Waals surface area contributed by atoms with E-state index in [1.165, 1.54) is 0 Å². The van der Waals surface area contributed by atoms with E-state index >= 15 is 0 Å². The van der Waals surface area contributed by atoms with Crippen molar-refractivity contribution >= 4 is 29.6 Å². The van der Waals surface area contributed by atoms with Gasteiger partial charge in [0.25, 0.3) is 0 Å². The molecular formula is C12H15Cl2NO3. The summed E-state index contributed by atoms with van der Waals surface area (Å²) in [5, 5.41) is 10.3. The molecule has 100 valence electrons. The lowest BCUT2D eigenvalue weighted by Gasteiger charge is -2.13. The molecule has 0 aliphatic rings. The Kier molecular flexibility index (Phi) is 6.25. The first-order valence-corrected chi connectivity index (χ1v) is 6.35. The Labute approximate surface area is 116 Å². The summed E-state index contributed by atoms with van der Waals surface area (Å²) in [6, 6.07) is 3.23. The van der Waals surface area contributed by atoms with Crippen LogP contribution >= 0.6 is 23.2 Å². The first-order valence-electron chi connectivity index (χ1n) is 5.60. The second-order valence-electron chi connectivity index (χ2n) is 3.79. The average Bonchev–Trinajstić information content (AvgIpc) is 2.32. The molecule has 0 aromatic heterocycles. The molecule has 1 rings (SSSR count). The molecule has 0 spiro atoms. The largest absolute Gasteiger partial charge is 0.490 e. The number of carbonyl (C=O) groups is 1. The number of hydrogen-bond donors (Lipinski definition) is 1. The van der Waals surface area contributed by atoms with Gasteiger partial charge < -0.3 is 4.74 Å². The van der Waals surface area contributed by atoms with Gasteiger partial charge in [0.15, 0.2) is 5.75 Å². The molecule has 0 radical (unpaired) electrons. The fourth-order valence-corrected chi connectivity index (χ4v) is 2.03. The number of hydrogen-bond acceptors (Lipinski definition) is 3. The molecule has 1 aromatic carbocycles. The van der Waals surface area contributed by atoms with Crippen molar-refractivity contribution in [1.82, 2.24) is 5.06 Å². The summed E-state index contributed by atoms with van der Waals surface area (Å²) < 4.78 is 5.48. The Balaban J connectivity index is 2.80. The summed E-state index contributed by atoms with van der Waals surface area (Å²) >= 11 is 12.1. The van der Waals surface area contributed by atoms with Crippen molar-refractivity contribution in [2.45, 2.75) is 26.3 Å². The van der Waals surface area contributed by atoms with E-state index in [-0.39, 0.29) is 6.54 Å². The van der Waals surface area contributed by atoms with Gasteiger partial charge in [-0.25, -0.2) is 5.06 Å². The van der Waals surface area contributed by atoms with Gasteiger partial charge in [-0.3, -0.25) is 10.0 Å². The van der Waals surface area contributed by atoms with Crippen LogP contribution in [0.3, 0.4) is 0 Å². The van der Waals surface area contributed by atoms with Gasteiger partial charge in [-0.05, 0) is 24.1 Å². The summed E-state index contributed by atoms with van der Waals surface area (Å²) in [6.45, 7) is 2.64. The van der Waals surface area contributed by atoms with Gasteiger partial charge in [0.1, 0.15) is 0 Å².